The Hall–Kier alpha value is -3.47. The van der Waals surface area contributed by atoms with Crippen LogP contribution in [0.2, 0.25) is 0 Å². The summed E-state index contributed by atoms with van der Waals surface area (Å²) in [6.07, 6.45) is 0. The van der Waals surface area contributed by atoms with E-state index in [0.717, 1.165) is 0 Å². The third-order valence-electron chi connectivity index (χ3n) is 3.52. The molecule has 5 heteroatoms. The van der Waals surface area contributed by atoms with Crippen LogP contribution >= 0.6 is 0 Å². The molecule has 3 aromatic rings. The molecule has 4 nitrogen and oxygen atoms in total. The minimum Gasteiger partial charge on any atom is -0.322 e. The fraction of sp³-hybridized carbons (Fsp3) is 0. The predicted molar refractivity (Wildman–Crippen MR) is 95.2 cm³/mol. The van der Waals surface area contributed by atoms with Crippen LogP contribution in [0.4, 0.5) is 15.8 Å². The number of hydrogen-bond acceptors (Lipinski definition) is 2. The average Bonchev–Trinajstić information content (AvgIpc) is 2.62. The Morgan fingerprint density at radius 1 is 0.640 bits per heavy atom. The van der Waals surface area contributed by atoms with Gasteiger partial charge in [0.15, 0.2) is 0 Å². The molecule has 0 aliphatic carbocycles. The fourth-order valence-corrected chi connectivity index (χ4v) is 2.27. The number of benzene rings is 3. The highest BCUT2D eigenvalue weighted by molar-refractivity contribution is 6.07. The maximum Gasteiger partial charge on any atom is 0.255 e. The summed E-state index contributed by atoms with van der Waals surface area (Å²) in [7, 11) is 0. The lowest BCUT2D eigenvalue weighted by Crippen LogP contribution is -2.14. The van der Waals surface area contributed by atoms with Crippen LogP contribution in [0, 0.1) is 5.82 Å². The van der Waals surface area contributed by atoms with Gasteiger partial charge in [-0.3, -0.25) is 9.59 Å². The van der Waals surface area contributed by atoms with Crippen LogP contribution in [0.3, 0.4) is 0 Å². The first-order chi connectivity index (χ1) is 12.1. The van der Waals surface area contributed by atoms with Gasteiger partial charge in [-0.25, -0.2) is 4.39 Å². The molecule has 0 bridgehead atoms. The van der Waals surface area contributed by atoms with Crippen molar-refractivity contribution in [2.24, 2.45) is 0 Å². The number of carbonyl (C=O) groups is 2. The summed E-state index contributed by atoms with van der Waals surface area (Å²) in [4.78, 5) is 24.3. The minimum absolute atomic E-state index is 0.261. The lowest BCUT2D eigenvalue weighted by atomic mass is 10.1. The van der Waals surface area contributed by atoms with Gasteiger partial charge in [-0.05, 0) is 54.6 Å². The number of carbonyl (C=O) groups excluding carboxylic acids is 2. The Morgan fingerprint density at radius 3 is 1.72 bits per heavy atom. The lowest BCUT2D eigenvalue weighted by molar-refractivity contribution is 0.101. The molecule has 25 heavy (non-hydrogen) atoms. The zero-order valence-electron chi connectivity index (χ0n) is 13.2. The molecule has 3 aromatic carbocycles. The molecule has 2 N–H and O–H groups in total. The number of rotatable bonds is 4. The van der Waals surface area contributed by atoms with Crippen LogP contribution in [0.25, 0.3) is 0 Å². The molecule has 2 amide bonds. The molecule has 0 fully saturated rings. The maximum absolute atomic E-state index is 13.1. The number of halogens is 1. The number of anilines is 2. The van der Waals surface area contributed by atoms with Crippen LogP contribution in [0.15, 0.2) is 78.9 Å². The number of nitrogens with one attached hydrogen (secondary N) is 2. The first kappa shape index (κ1) is 16.4. The summed E-state index contributed by atoms with van der Waals surface area (Å²) in [5.74, 6) is -1.06. The van der Waals surface area contributed by atoms with Crippen LogP contribution < -0.4 is 10.6 Å². The van der Waals surface area contributed by atoms with Crippen molar-refractivity contribution in [1.29, 1.82) is 0 Å². The van der Waals surface area contributed by atoms with Crippen molar-refractivity contribution in [2.75, 3.05) is 10.6 Å². The molecule has 0 radical (unpaired) electrons. The molecule has 0 heterocycles. The van der Waals surface area contributed by atoms with Gasteiger partial charge in [-0.15, -0.1) is 0 Å². The molecule has 124 valence electrons. The van der Waals surface area contributed by atoms with Crippen LogP contribution in [0.5, 0.6) is 0 Å². The second-order valence-corrected chi connectivity index (χ2v) is 5.36. The van der Waals surface area contributed by atoms with Gasteiger partial charge < -0.3 is 10.6 Å². The van der Waals surface area contributed by atoms with Gasteiger partial charge in [0.25, 0.3) is 11.8 Å². The monoisotopic (exact) mass is 334 g/mol. The van der Waals surface area contributed by atoms with Gasteiger partial charge in [0.05, 0.1) is 0 Å². The minimum atomic E-state index is -0.425. The molecule has 0 aliphatic heterocycles. The first-order valence-corrected chi connectivity index (χ1v) is 7.65. The third-order valence-corrected chi connectivity index (χ3v) is 3.52. The number of para-hydroxylation sites is 1. The van der Waals surface area contributed by atoms with Crippen LogP contribution in [-0.2, 0) is 0 Å². The topological polar surface area (TPSA) is 58.2 Å². The van der Waals surface area contributed by atoms with Gasteiger partial charge in [-0.2, -0.15) is 0 Å². The summed E-state index contributed by atoms with van der Waals surface area (Å²) in [5.41, 5.74) is 1.88. The largest absolute Gasteiger partial charge is 0.322 e. The highest BCUT2D eigenvalue weighted by Gasteiger charge is 2.10. The standard InChI is InChI=1S/C20H15FN2O2/c21-16-5-4-8-18(13-16)23-20(25)15-11-9-14(10-12-15)19(24)22-17-6-2-1-3-7-17/h1-13H,(H,22,24)(H,23,25). The summed E-state index contributed by atoms with van der Waals surface area (Å²) in [6, 6.07) is 21.0. The Bertz CT molecular complexity index is 893. The van der Waals surface area contributed by atoms with E-state index in [4.69, 9.17) is 0 Å². The van der Waals surface area contributed by atoms with Gasteiger partial charge in [-0.1, -0.05) is 24.3 Å². The molecule has 0 unspecified atom stereocenters. The highest BCUT2D eigenvalue weighted by Crippen LogP contribution is 2.13. The third kappa shape index (κ3) is 4.29. The van der Waals surface area contributed by atoms with E-state index in [-0.39, 0.29) is 11.8 Å². The zero-order chi connectivity index (χ0) is 17.6. The second-order valence-electron chi connectivity index (χ2n) is 5.36. The molecular formula is C20H15FN2O2. The van der Waals surface area contributed by atoms with Gasteiger partial charge in [0, 0.05) is 22.5 Å². The molecule has 0 aliphatic rings. The van der Waals surface area contributed by atoms with Gasteiger partial charge in [0.1, 0.15) is 5.82 Å². The smallest absolute Gasteiger partial charge is 0.255 e. The van der Waals surface area contributed by atoms with E-state index in [1.807, 2.05) is 18.2 Å². The second kappa shape index (κ2) is 7.40. The predicted octanol–water partition coefficient (Wildman–Crippen LogP) is 4.33. The maximum atomic E-state index is 13.1. The van der Waals surface area contributed by atoms with E-state index in [1.54, 1.807) is 42.5 Å². The van der Waals surface area contributed by atoms with Crippen molar-refractivity contribution in [3.63, 3.8) is 0 Å². The highest BCUT2D eigenvalue weighted by atomic mass is 19.1. The number of amides is 2. The van der Waals surface area contributed by atoms with E-state index in [1.165, 1.54) is 18.2 Å². The quantitative estimate of drug-likeness (QED) is 0.746. The van der Waals surface area contributed by atoms with Crippen molar-refractivity contribution in [1.82, 2.24) is 0 Å². The normalized spacial score (nSPS) is 10.1. The molecule has 0 atom stereocenters. The van der Waals surface area contributed by atoms with Gasteiger partial charge >= 0.3 is 0 Å². The Kier molecular flexibility index (Phi) is 4.85. The van der Waals surface area contributed by atoms with E-state index in [0.29, 0.717) is 22.5 Å². The first-order valence-electron chi connectivity index (χ1n) is 7.65. The Morgan fingerprint density at radius 2 is 1.16 bits per heavy atom. The van der Waals surface area contributed by atoms with Crippen LogP contribution in [-0.4, -0.2) is 11.8 Å². The van der Waals surface area contributed by atoms with Crippen molar-refractivity contribution in [3.8, 4) is 0 Å². The molecule has 0 aromatic heterocycles. The molecule has 0 saturated carbocycles. The fourth-order valence-electron chi connectivity index (χ4n) is 2.27. The number of hydrogen-bond donors (Lipinski definition) is 2. The summed E-state index contributed by atoms with van der Waals surface area (Å²) in [6.45, 7) is 0. The molecular weight excluding hydrogens is 319 g/mol. The Labute approximate surface area is 144 Å². The molecule has 3 rings (SSSR count). The average molecular weight is 334 g/mol. The van der Waals surface area contributed by atoms with Gasteiger partial charge in [0.2, 0.25) is 0 Å². The summed E-state index contributed by atoms with van der Waals surface area (Å²) < 4.78 is 13.1. The molecule has 0 spiro atoms. The van der Waals surface area contributed by atoms with Crippen molar-refractivity contribution >= 4 is 23.2 Å². The van der Waals surface area contributed by atoms with Crippen molar-refractivity contribution in [3.05, 3.63) is 95.8 Å². The zero-order valence-corrected chi connectivity index (χ0v) is 13.2. The van der Waals surface area contributed by atoms with E-state index < -0.39 is 5.82 Å². The van der Waals surface area contributed by atoms with E-state index >= 15 is 0 Å². The van der Waals surface area contributed by atoms with E-state index in [9.17, 15) is 14.0 Å². The van der Waals surface area contributed by atoms with E-state index in [2.05, 4.69) is 10.6 Å². The van der Waals surface area contributed by atoms with Crippen LogP contribution in [0.1, 0.15) is 20.7 Å². The SMILES string of the molecule is O=C(Nc1ccccc1)c1ccc(C(=O)Nc2cccc(F)c2)cc1. The summed E-state index contributed by atoms with van der Waals surface area (Å²) >= 11 is 0. The lowest BCUT2D eigenvalue weighted by Gasteiger charge is -2.07. The Balaban J connectivity index is 1.67. The van der Waals surface area contributed by atoms with Crippen molar-refractivity contribution in [2.45, 2.75) is 0 Å². The summed E-state index contributed by atoms with van der Waals surface area (Å²) in [5, 5.41) is 5.38. The molecule has 0 saturated heterocycles. The van der Waals surface area contributed by atoms with Crippen molar-refractivity contribution < 1.29 is 14.0 Å².